The monoisotopic (exact) mass is 423 g/mol. The van der Waals surface area contributed by atoms with E-state index < -0.39 is 12.1 Å². The Morgan fingerprint density at radius 2 is 1.56 bits per heavy atom. The Balaban J connectivity index is 1.63. The smallest absolute Gasteiger partial charge is 0.359 e. The lowest BCUT2D eigenvalue weighted by atomic mass is 10.0. The van der Waals surface area contributed by atoms with Crippen molar-refractivity contribution in [2.45, 2.75) is 13.0 Å². The molecular weight excluding hydrogens is 402 g/mol. The minimum absolute atomic E-state index is 0.0623. The Kier molecular flexibility index (Phi) is 6.28. The first-order valence-corrected chi connectivity index (χ1v) is 10.2. The average molecular weight is 423 g/mol. The number of carbonyl (C=O) groups excluding carboxylic acids is 1. The van der Waals surface area contributed by atoms with Crippen molar-refractivity contribution in [3.05, 3.63) is 114 Å². The van der Waals surface area contributed by atoms with Crippen molar-refractivity contribution in [2.24, 2.45) is 0 Å². The lowest BCUT2D eigenvalue weighted by Gasteiger charge is -2.18. The van der Waals surface area contributed by atoms with Gasteiger partial charge in [0.25, 0.3) is 0 Å². The van der Waals surface area contributed by atoms with Gasteiger partial charge in [-0.3, -0.25) is 0 Å². The van der Waals surface area contributed by atoms with E-state index in [9.17, 15) is 10.1 Å². The van der Waals surface area contributed by atoms with Crippen molar-refractivity contribution in [1.82, 2.24) is 9.78 Å². The molecule has 32 heavy (non-hydrogen) atoms. The summed E-state index contributed by atoms with van der Waals surface area (Å²) >= 11 is 0. The van der Waals surface area contributed by atoms with Crippen molar-refractivity contribution < 1.29 is 14.3 Å². The first kappa shape index (κ1) is 20.9. The summed E-state index contributed by atoms with van der Waals surface area (Å²) in [7, 11) is 0. The van der Waals surface area contributed by atoms with Crippen LogP contribution in [0.1, 0.15) is 40.3 Å². The van der Waals surface area contributed by atoms with Crippen molar-refractivity contribution in [1.29, 1.82) is 5.26 Å². The largest absolute Gasteiger partial charge is 0.494 e. The van der Waals surface area contributed by atoms with Gasteiger partial charge in [0.05, 0.1) is 12.3 Å². The van der Waals surface area contributed by atoms with Crippen LogP contribution in [-0.4, -0.2) is 22.4 Å². The number of aromatic nitrogens is 2. The first-order valence-electron chi connectivity index (χ1n) is 10.2. The molecule has 1 aromatic heterocycles. The summed E-state index contributed by atoms with van der Waals surface area (Å²) in [4.78, 5) is 13.0. The fourth-order valence-electron chi connectivity index (χ4n) is 3.36. The van der Waals surface area contributed by atoms with E-state index in [4.69, 9.17) is 9.47 Å². The van der Waals surface area contributed by atoms with Crippen LogP contribution in [0, 0.1) is 11.3 Å². The molecule has 6 nitrogen and oxygen atoms in total. The Labute approximate surface area is 186 Å². The van der Waals surface area contributed by atoms with Crippen LogP contribution < -0.4 is 4.74 Å². The van der Waals surface area contributed by atoms with Crippen LogP contribution >= 0.6 is 0 Å². The lowest BCUT2D eigenvalue weighted by molar-refractivity contribution is 0.0370. The molecule has 158 valence electrons. The average Bonchev–Trinajstić information content (AvgIpc) is 3.29. The SMILES string of the molecule is CCOc1ccc(-n2nc(C(=O)OC(c3ccccc3)c3ccccc3)cc2C#N)cc1. The second-order valence-electron chi connectivity index (χ2n) is 6.97. The lowest BCUT2D eigenvalue weighted by Crippen LogP contribution is -2.14. The summed E-state index contributed by atoms with van der Waals surface area (Å²) in [5.41, 5.74) is 2.63. The first-order chi connectivity index (χ1) is 15.7. The number of nitrogens with zero attached hydrogens (tertiary/aromatic N) is 3. The molecule has 0 aliphatic heterocycles. The molecular formula is C26H21N3O3. The second-order valence-corrected chi connectivity index (χ2v) is 6.97. The Morgan fingerprint density at radius 1 is 0.969 bits per heavy atom. The summed E-state index contributed by atoms with van der Waals surface area (Å²) in [5, 5.41) is 13.9. The molecule has 0 N–H and O–H groups in total. The van der Waals surface area contributed by atoms with E-state index in [-0.39, 0.29) is 11.4 Å². The highest BCUT2D eigenvalue weighted by Crippen LogP contribution is 2.27. The number of carbonyl (C=O) groups is 1. The van der Waals surface area contributed by atoms with Gasteiger partial charge in [-0.05, 0) is 42.3 Å². The van der Waals surface area contributed by atoms with Gasteiger partial charge in [0.2, 0.25) is 0 Å². The van der Waals surface area contributed by atoms with Gasteiger partial charge in [0.1, 0.15) is 17.5 Å². The van der Waals surface area contributed by atoms with Crippen molar-refractivity contribution in [3.8, 4) is 17.5 Å². The van der Waals surface area contributed by atoms with E-state index in [1.807, 2.05) is 67.6 Å². The zero-order valence-corrected chi connectivity index (χ0v) is 17.5. The molecule has 0 saturated heterocycles. The highest BCUT2D eigenvalue weighted by Gasteiger charge is 2.23. The fraction of sp³-hybridized carbons (Fsp3) is 0.115. The van der Waals surface area contributed by atoms with Gasteiger partial charge >= 0.3 is 5.97 Å². The summed E-state index contributed by atoms with van der Waals surface area (Å²) in [6.45, 7) is 2.47. The van der Waals surface area contributed by atoms with Gasteiger partial charge in [-0.25, -0.2) is 9.48 Å². The van der Waals surface area contributed by atoms with Crippen LogP contribution in [-0.2, 0) is 4.74 Å². The van der Waals surface area contributed by atoms with Gasteiger partial charge < -0.3 is 9.47 Å². The summed E-state index contributed by atoms with van der Waals surface area (Å²) < 4.78 is 12.7. The molecule has 0 atom stereocenters. The van der Waals surface area contributed by atoms with E-state index in [2.05, 4.69) is 11.2 Å². The third-order valence-electron chi connectivity index (χ3n) is 4.85. The minimum Gasteiger partial charge on any atom is -0.494 e. The van der Waals surface area contributed by atoms with Gasteiger partial charge in [-0.2, -0.15) is 10.4 Å². The van der Waals surface area contributed by atoms with Gasteiger partial charge in [-0.1, -0.05) is 60.7 Å². The molecule has 0 unspecified atom stereocenters. The quantitative estimate of drug-likeness (QED) is 0.387. The van der Waals surface area contributed by atoms with Crippen LogP contribution in [0.3, 0.4) is 0 Å². The van der Waals surface area contributed by atoms with Crippen LogP contribution in [0.25, 0.3) is 5.69 Å². The molecule has 4 rings (SSSR count). The van der Waals surface area contributed by atoms with Crippen LogP contribution in [0.4, 0.5) is 0 Å². The molecule has 1 heterocycles. The van der Waals surface area contributed by atoms with Gasteiger partial charge in [0, 0.05) is 6.07 Å². The van der Waals surface area contributed by atoms with Crippen molar-refractivity contribution in [3.63, 3.8) is 0 Å². The van der Waals surface area contributed by atoms with Crippen molar-refractivity contribution >= 4 is 5.97 Å². The molecule has 0 bridgehead atoms. The topological polar surface area (TPSA) is 77.1 Å². The highest BCUT2D eigenvalue weighted by atomic mass is 16.5. The second kappa shape index (κ2) is 9.63. The maximum absolute atomic E-state index is 13.0. The number of esters is 1. The third kappa shape index (κ3) is 4.52. The molecule has 0 spiro atoms. The molecule has 3 aromatic carbocycles. The Hall–Kier alpha value is -4.37. The number of hydrogen-bond acceptors (Lipinski definition) is 5. The van der Waals surface area contributed by atoms with E-state index in [1.165, 1.54) is 10.7 Å². The molecule has 0 fully saturated rings. The number of rotatable bonds is 7. The number of ether oxygens (including phenoxy) is 2. The molecule has 0 amide bonds. The molecule has 0 radical (unpaired) electrons. The van der Waals surface area contributed by atoms with Crippen LogP contribution in [0.2, 0.25) is 0 Å². The third-order valence-corrected chi connectivity index (χ3v) is 4.85. The predicted molar refractivity (Wildman–Crippen MR) is 120 cm³/mol. The Bertz CT molecular complexity index is 1190. The summed E-state index contributed by atoms with van der Waals surface area (Å²) in [6, 6.07) is 29.7. The number of benzene rings is 3. The van der Waals surface area contributed by atoms with E-state index in [0.717, 1.165) is 16.9 Å². The Morgan fingerprint density at radius 3 is 2.09 bits per heavy atom. The highest BCUT2D eigenvalue weighted by molar-refractivity contribution is 5.88. The molecule has 0 saturated carbocycles. The van der Waals surface area contributed by atoms with Crippen LogP contribution in [0.15, 0.2) is 91.0 Å². The predicted octanol–water partition coefficient (Wildman–Crippen LogP) is 5.09. The van der Waals surface area contributed by atoms with E-state index in [0.29, 0.717) is 12.3 Å². The molecule has 0 aliphatic carbocycles. The number of nitriles is 1. The molecule has 0 aliphatic rings. The van der Waals surface area contributed by atoms with E-state index in [1.54, 1.807) is 24.3 Å². The summed E-state index contributed by atoms with van der Waals surface area (Å²) in [6.07, 6.45) is -0.592. The standard InChI is InChI=1S/C26H21N3O3/c1-2-31-23-15-13-21(14-16-23)29-22(18-27)17-24(28-29)26(30)32-25(19-9-5-3-6-10-19)20-11-7-4-8-12-20/h3-17,25H,2H2,1H3. The zero-order valence-electron chi connectivity index (χ0n) is 17.5. The fourth-order valence-corrected chi connectivity index (χ4v) is 3.36. The van der Waals surface area contributed by atoms with Gasteiger partial charge in [0.15, 0.2) is 11.8 Å². The van der Waals surface area contributed by atoms with Gasteiger partial charge in [-0.15, -0.1) is 0 Å². The normalized spacial score (nSPS) is 10.5. The summed E-state index contributed by atoms with van der Waals surface area (Å²) in [5.74, 6) is 0.110. The van der Waals surface area contributed by atoms with Crippen molar-refractivity contribution in [2.75, 3.05) is 6.61 Å². The van der Waals surface area contributed by atoms with Crippen LogP contribution in [0.5, 0.6) is 5.75 Å². The van der Waals surface area contributed by atoms with E-state index >= 15 is 0 Å². The zero-order chi connectivity index (χ0) is 22.3. The molecule has 4 aromatic rings. The minimum atomic E-state index is -0.608. The number of hydrogen-bond donors (Lipinski definition) is 0. The molecule has 6 heteroatoms. The maximum atomic E-state index is 13.0. The maximum Gasteiger partial charge on any atom is 0.359 e.